The molecule has 0 fully saturated rings. The highest BCUT2D eigenvalue weighted by atomic mass is 32.2. The van der Waals surface area contributed by atoms with Gasteiger partial charge in [-0.1, -0.05) is 0 Å². The third-order valence-corrected chi connectivity index (χ3v) is 4.18. The van der Waals surface area contributed by atoms with Crippen LogP contribution in [-0.4, -0.2) is 39.4 Å². The molecule has 1 atom stereocenters. The van der Waals surface area contributed by atoms with Crippen molar-refractivity contribution < 1.29 is 13.7 Å². The average molecular weight is 305 g/mol. The number of benzene rings is 1. The Morgan fingerprint density at radius 3 is 2.57 bits per heavy atom. The van der Waals surface area contributed by atoms with E-state index in [9.17, 15) is 4.21 Å². The van der Waals surface area contributed by atoms with Gasteiger partial charge >= 0.3 is 0 Å². The first-order chi connectivity index (χ1) is 10.1. The lowest BCUT2D eigenvalue weighted by Gasteiger charge is -2.11. The molecule has 2 heterocycles. The van der Waals surface area contributed by atoms with Crippen LogP contribution in [0.15, 0.2) is 17.3 Å². The van der Waals surface area contributed by atoms with Crippen LogP contribution < -0.4 is 9.47 Å². The van der Waals surface area contributed by atoms with Crippen LogP contribution in [-0.2, 0) is 17.2 Å². The van der Waals surface area contributed by atoms with Gasteiger partial charge in [-0.2, -0.15) is 0 Å². The molecule has 1 aromatic heterocycles. The molecule has 7 heteroatoms. The molecule has 0 radical (unpaired) electrons. The Hall–Kier alpha value is -2.15. The summed E-state index contributed by atoms with van der Waals surface area (Å²) in [7, 11) is 2.03. The molecule has 0 aliphatic carbocycles. The minimum absolute atomic E-state index is 0.452. The predicted octanol–water partition coefficient (Wildman–Crippen LogP) is 1.56. The van der Waals surface area contributed by atoms with Gasteiger partial charge in [-0.25, -0.2) is 0 Å². The zero-order chi connectivity index (χ0) is 15.0. The summed E-state index contributed by atoms with van der Waals surface area (Å²) in [5.74, 6) is 2.11. The number of fused-ring (bicyclic) bond motifs is 2. The predicted molar refractivity (Wildman–Crippen MR) is 79.9 cm³/mol. The van der Waals surface area contributed by atoms with Gasteiger partial charge in [0.1, 0.15) is 5.82 Å². The fourth-order valence-corrected chi connectivity index (χ4v) is 2.94. The molecule has 6 nitrogen and oxygen atoms in total. The molecule has 1 aliphatic heterocycles. The van der Waals surface area contributed by atoms with Crippen LogP contribution in [0.25, 0.3) is 12.3 Å². The largest absolute Gasteiger partial charge is 0.493 e. The van der Waals surface area contributed by atoms with Gasteiger partial charge in [-0.3, -0.25) is 8.78 Å². The van der Waals surface area contributed by atoms with Crippen LogP contribution in [0.1, 0.15) is 17.0 Å². The fourth-order valence-electron chi connectivity index (χ4n) is 2.34. The van der Waals surface area contributed by atoms with E-state index < -0.39 is 10.8 Å². The van der Waals surface area contributed by atoms with Crippen molar-refractivity contribution in [3.05, 3.63) is 29.1 Å². The van der Waals surface area contributed by atoms with Gasteiger partial charge in [0.2, 0.25) is 5.16 Å². The van der Waals surface area contributed by atoms with Crippen molar-refractivity contribution in [3.8, 4) is 11.5 Å². The summed E-state index contributed by atoms with van der Waals surface area (Å²) >= 11 is 0. The summed E-state index contributed by atoms with van der Waals surface area (Å²) in [5.41, 5.74) is 2.08. The Morgan fingerprint density at radius 1 is 1.19 bits per heavy atom. The number of rotatable bonds is 3. The van der Waals surface area contributed by atoms with Crippen molar-refractivity contribution in [1.29, 1.82) is 0 Å². The standard InChI is InChI=1S/C14H15N3O3S/c1-19-11-6-9-4-5-17-13(15-16-14(17)21(3)18)8-10(9)7-12(11)20-2/h4-7H,8H2,1-3H3. The Bertz CT molecular complexity index is 752. The Balaban J connectivity index is 2.12. The van der Waals surface area contributed by atoms with E-state index in [2.05, 4.69) is 10.2 Å². The highest BCUT2D eigenvalue weighted by Gasteiger charge is 2.19. The van der Waals surface area contributed by atoms with Gasteiger partial charge in [0, 0.05) is 18.9 Å². The van der Waals surface area contributed by atoms with Gasteiger partial charge < -0.3 is 9.47 Å². The number of hydrogen-bond acceptors (Lipinski definition) is 5. The molecule has 1 unspecified atom stereocenters. The third kappa shape index (κ3) is 2.33. The highest BCUT2D eigenvalue weighted by molar-refractivity contribution is 7.84. The minimum Gasteiger partial charge on any atom is -0.493 e. The molecule has 2 aromatic rings. The van der Waals surface area contributed by atoms with Crippen molar-refractivity contribution in [1.82, 2.24) is 14.8 Å². The topological polar surface area (TPSA) is 66.2 Å². The van der Waals surface area contributed by atoms with Crippen LogP contribution in [0, 0.1) is 0 Å². The van der Waals surface area contributed by atoms with E-state index >= 15 is 0 Å². The summed E-state index contributed by atoms with van der Waals surface area (Å²) in [6.45, 7) is 0. The smallest absolute Gasteiger partial charge is 0.225 e. The number of methoxy groups -OCH3 is 2. The molecule has 3 rings (SSSR count). The molecule has 1 aliphatic rings. The summed E-state index contributed by atoms with van der Waals surface area (Å²) in [6.07, 6.45) is 5.96. The first-order valence-electron chi connectivity index (χ1n) is 6.34. The zero-order valence-corrected chi connectivity index (χ0v) is 12.8. The van der Waals surface area contributed by atoms with Gasteiger partial charge in [-0.05, 0) is 29.3 Å². The first-order valence-corrected chi connectivity index (χ1v) is 7.90. The molecule has 21 heavy (non-hydrogen) atoms. The maximum absolute atomic E-state index is 11.7. The van der Waals surface area contributed by atoms with E-state index in [1.54, 1.807) is 25.0 Å². The number of aromatic nitrogens is 3. The minimum atomic E-state index is -1.18. The maximum atomic E-state index is 11.7. The van der Waals surface area contributed by atoms with E-state index in [0.717, 1.165) is 17.0 Å². The van der Waals surface area contributed by atoms with E-state index in [0.29, 0.717) is 23.1 Å². The summed E-state index contributed by atoms with van der Waals surface area (Å²) in [5, 5.41) is 8.58. The first kappa shape index (κ1) is 13.8. The second-order valence-electron chi connectivity index (χ2n) is 4.62. The summed E-state index contributed by atoms with van der Waals surface area (Å²) in [6, 6.07) is 3.86. The fraction of sp³-hybridized carbons (Fsp3) is 0.286. The quantitative estimate of drug-likeness (QED) is 0.735. The van der Waals surface area contributed by atoms with Crippen molar-refractivity contribution in [2.75, 3.05) is 20.5 Å². The Morgan fingerprint density at radius 2 is 1.90 bits per heavy atom. The van der Waals surface area contributed by atoms with Gasteiger partial charge in [0.15, 0.2) is 11.5 Å². The molecule has 0 spiro atoms. The summed E-state index contributed by atoms with van der Waals surface area (Å²) < 4.78 is 24.1. The molecule has 0 N–H and O–H groups in total. The van der Waals surface area contributed by atoms with E-state index in [4.69, 9.17) is 9.47 Å². The van der Waals surface area contributed by atoms with Crippen molar-refractivity contribution in [3.63, 3.8) is 0 Å². The van der Waals surface area contributed by atoms with Crippen LogP contribution in [0.4, 0.5) is 0 Å². The average Bonchev–Trinajstić information content (AvgIpc) is 2.80. The van der Waals surface area contributed by atoms with Gasteiger partial charge in [0.25, 0.3) is 0 Å². The van der Waals surface area contributed by atoms with E-state index in [-0.39, 0.29) is 0 Å². The van der Waals surface area contributed by atoms with Crippen LogP contribution in [0.5, 0.6) is 11.5 Å². The van der Waals surface area contributed by atoms with Crippen LogP contribution >= 0.6 is 0 Å². The molecule has 0 saturated heterocycles. The number of hydrogen-bond donors (Lipinski definition) is 0. The maximum Gasteiger partial charge on any atom is 0.225 e. The van der Waals surface area contributed by atoms with Crippen molar-refractivity contribution >= 4 is 23.1 Å². The SMILES string of the molecule is COc1cc2c(cc1OC)Cc1nnc(S(C)=O)n1C=C2. The molecule has 1 aromatic carbocycles. The van der Waals surface area contributed by atoms with Gasteiger partial charge in [-0.15, -0.1) is 10.2 Å². The second-order valence-corrected chi connectivity index (χ2v) is 5.89. The number of ether oxygens (including phenoxy) is 2. The Kier molecular flexibility index (Phi) is 3.50. The lowest BCUT2D eigenvalue weighted by molar-refractivity contribution is 0.354. The Labute approximate surface area is 124 Å². The third-order valence-electron chi connectivity index (χ3n) is 3.39. The van der Waals surface area contributed by atoms with Crippen molar-refractivity contribution in [2.24, 2.45) is 0 Å². The molecule has 0 amide bonds. The number of nitrogens with zero attached hydrogens (tertiary/aromatic N) is 3. The molecule has 0 saturated carbocycles. The molecule has 110 valence electrons. The van der Waals surface area contributed by atoms with Crippen LogP contribution in [0.3, 0.4) is 0 Å². The zero-order valence-electron chi connectivity index (χ0n) is 12.0. The molecular formula is C14H15N3O3S. The molecule has 0 bridgehead atoms. The summed E-state index contributed by atoms with van der Waals surface area (Å²) in [4.78, 5) is 0. The normalized spacial score (nSPS) is 14.0. The monoisotopic (exact) mass is 305 g/mol. The second kappa shape index (κ2) is 5.33. The lowest BCUT2D eigenvalue weighted by Crippen LogP contribution is -2.02. The van der Waals surface area contributed by atoms with Crippen molar-refractivity contribution in [2.45, 2.75) is 11.6 Å². The van der Waals surface area contributed by atoms with E-state index in [1.807, 2.05) is 24.4 Å². The van der Waals surface area contributed by atoms with Crippen LogP contribution in [0.2, 0.25) is 0 Å². The molecular weight excluding hydrogens is 290 g/mol. The highest BCUT2D eigenvalue weighted by Crippen LogP contribution is 2.33. The van der Waals surface area contributed by atoms with E-state index in [1.165, 1.54) is 0 Å². The van der Waals surface area contributed by atoms with Gasteiger partial charge in [0.05, 0.1) is 25.0 Å². The lowest BCUT2D eigenvalue weighted by atomic mass is 10.0.